The van der Waals surface area contributed by atoms with Gasteiger partial charge < -0.3 is 0 Å². The zero-order valence-corrected chi connectivity index (χ0v) is 11.3. The monoisotopic (exact) mass is 254 g/mol. The minimum absolute atomic E-state index is 0.0424. The molecular formula is C17H18O2. The predicted molar refractivity (Wildman–Crippen MR) is 71.7 cm³/mol. The molecule has 1 spiro atoms. The van der Waals surface area contributed by atoms with Crippen LogP contribution in [-0.2, 0) is 4.79 Å². The van der Waals surface area contributed by atoms with Crippen LogP contribution in [0.5, 0.6) is 0 Å². The molecule has 19 heavy (non-hydrogen) atoms. The normalized spacial score (nSPS) is 41.2. The molecule has 0 N–H and O–H groups in total. The van der Waals surface area contributed by atoms with Gasteiger partial charge in [-0.25, -0.2) is 0 Å². The second kappa shape index (κ2) is 3.17. The molecule has 0 unspecified atom stereocenters. The van der Waals surface area contributed by atoms with E-state index in [2.05, 4.69) is 13.8 Å². The Morgan fingerprint density at radius 1 is 1.21 bits per heavy atom. The molecule has 0 radical (unpaired) electrons. The average Bonchev–Trinajstić information content (AvgIpc) is 3.01. The lowest BCUT2D eigenvalue weighted by Crippen LogP contribution is -2.39. The van der Waals surface area contributed by atoms with Crippen LogP contribution < -0.4 is 0 Å². The third-order valence-corrected chi connectivity index (χ3v) is 6.04. The number of hydrogen-bond donors (Lipinski definition) is 0. The van der Waals surface area contributed by atoms with Crippen molar-refractivity contribution in [3.8, 4) is 0 Å². The molecule has 0 heterocycles. The molecule has 0 saturated heterocycles. The summed E-state index contributed by atoms with van der Waals surface area (Å²) in [4.78, 5) is 25.1. The van der Waals surface area contributed by atoms with Gasteiger partial charge in [0.25, 0.3) is 0 Å². The summed E-state index contributed by atoms with van der Waals surface area (Å²) in [5.74, 6) is 1.18. The van der Waals surface area contributed by atoms with Crippen molar-refractivity contribution < 1.29 is 9.59 Å². The van der Waals surface area contributed by atoms with Crippen molar-refractivity contribution in [1.82, 2.24) is 0 Å². The van der Waals surface area contributed by atoms with Crippen molar-refractivity contribution in [2.75, 3.05) is 0 Å². The van der Waals surface area contributed by atoms with Gasteiger partial charge in [-0.1, -0.05) is 44.2 Å². The summed E-state index contributed by atoms with van der Waals surface area (Å²) in [5.41, 5.74) is 0.614. The van der Waals surface area contributed by atoms with Crippen LogP contribution in [0.2, 0.25) is 0 Å². The maximum absolute atomic E-state index is 12.5. The van der Waals surface area contributed by atoms with Crippen LogP contribution in [0.3, 0.4) is 0 Å². The fraction of sp³-hybridized carbons (Fsp3) is 0.529. The van der Waals surface area contributed by atoms with Crippen molar-refractivity contribution in [3.05, 3.63) is 35.9 Å². The number of rotatable bonds is 2. The summed E-state index contributed by atoms with van der Waals surface area (Å²) in [6.07, 6.45) is 1.81. The molecule has 4 atom stereocenters. The Morgan fingerprint density at radius 3 is 2.42 bits per heavy atom. The van der Waals surface area contributed by atoms with Crippen LogP contribution in [0, 0.1) is 28.6 Å². The molecule has 98 valence electrons. The van der Waals surface area contributed by atoms with Crippen molar-refractivity contribution in [1.29, 1.82) is 0 Å². The SMILES string of the molecule is CC1(C)[C@H]2C[C@@H]1[C@]1(C[C@H]1C(=O)c1ccccc1)C2=O. The Labute approximate surface area is 113 Å². The molecule has 2 heteroatoms. The first kappa shape index (κ1) is 11.4. The molecule has 0 aromatic heterocycles. The van der Waals surface area contributed by atoms with Gasteiger partial charge in [0.2, 0.25) is 0 Å². The van der Waals surface area contributed by atoms with Crippen molar-refractivity contribution in [2.45, 2.75) is 26.7 Å². The van der Waals surface area contributed by atoms with E-state index in [-0.39, 0.29) is 28.4 Å². The van der Waals surface area contributed by atoms with Gasteiger partial charge in [0.1, 0.15) is 5.78 Å². The summed E-state index contributed by atoms with van der Waals surface area (Å²) in [6.45, 7) is 4.39. The van der Waals surface area contributed by atoms with Crippen LogP contribution >= 0.6 is 0 Å². The molecule has 2 nitrogen and oxygen atoms in total. The van der Waals surface area contributed by atoms with Gasteiger partial charge in [-0.3, -0.25) is 9.59 Å². The second-order valence-corrected chi connectivity index (χ2v) is 7.05. The van der Waals surface area contributed by atoms with Gasteiger partial charge >= 0.3 is 0 Å². The highest BCUT2D eigenvalue weighted by molar-refractivity contribution is 6.08. The number of carbonyl (C=O) groups excluding carboxylic acids is 2. The Hall–Kier alpha value is -1.44. The maximum atomic E-state index is 12.5. The van der Waals surface area contributed by atoms with E-state index in [0.29, 0.717) is 11.7 Å². The fourth-order valence-electron chi connectivity index (χ4n) is 4.81. The molecule has 4 aliphatic carbocycles. The Kier molecular flexibility index (Phi) is 1.90. The summed E-state index contributed by atoms with van der Waals surface area (Å²) in [7, 11) is 0. The van der Waals surface area contributed by atoms with Crippen LogP contribution in [0.4, 0.5) is 0 Å². The van der Waals surface area contributed by atoms with E-state index in [0.717, 1.165) is 18.4 Å². The lowest BCUT2D eigenvalue weighted by molar-refractivity contribution is -0.125. The molecule has 1 aromatic rings. The van der Waals surface area contributed by atoms with Crippen LogP contribution in [-0.4, -0.2) is 11.6 Å². The fourth-order valence-corrected chi connectivity index (χ4v) is 4.81. The molecule has 1 aromatic carbocycles. The average molecular weight is 254 g/mol. The second-order valence-electron chi connectivity index (χ2n) is 7.05. The van der Waals surface area contributed by atoms with E-state index in [1.165, 1.54) is 0 Å². The van der Waals surface area contributed by atoms with E-state index in [9.17, 15) is 9.59 Å². The lowest BCUT2D eigenvalue weighted by atomic mass is 9.59. The topological polar surface area (TPSA) is 34.1 Å². The van der Waals surface area contributed by atoms with Gasteiger partial charge in [-0.2, -0.15) is 0 Å². The third-order valence-electron chi connectivity index (χ3n) is 6.04. The van der Waals surface area contributed by atoms with Gasteiger partial charge in [-0.15, -0.1) is 0 Å². The first-order valence-corrected chi connectivity index (χ1v) is 7.13. The highest BCUT2D eigenvalue weighted by Crippen LogP contribution is 2.79. The molecule has 4 aliphatic rings. The number of hydrogen-bond acceptors (Lipinski definition) is 2. The Balaban J connectivity index is 1.65. The third kappa shape index (κ3) is 1.14. The number of Topliss-reactive ketones (excluding diaryl/α,β-unsaturated/α-hetero) is 2. The van der Waals surface area contributed by atoms with Crippen molar-refractivity contribution >= 4 is 11.6 Å². The summed E-state index contributed by atoms with van der Waals surface area (Å²) < 4.78 is 0. The minimum atomic E-state index is -0.277. The standard InChI is InChI=1S/C17H18O2/c1-16(2)11-8-13(16)17(15(11)19)9-12(17)14(18)10-6-4-3-5-7-10/h3-7,11-13H,8-9H2,1-2H3/t11-,12-,13-,17+/m0/s1. The summed E-state index contributed by atoms with van der Waals surface area (Å²) >= 11 is 0. The number of carbonyl (C=O) groups is 2. The lowest BCUT2D eigenvalue weighted by Gasteiger charge is -2.44. The first-order chi connectivity index (χ1) is 8.99. The van der Waals surface area contributed by atoms with Crippen LogP contribution in [0.15, 0.2) is 30.3 Å². The highest BCUT2D eigenvalue weighted by Gasteiger charge is 2.81. The molecule has 2 bridgehead atoms. The zero-order valence-electron chi connectivity index (χ0n) is 11.3. The summed E-state index contributed by atoms with van der Waals surface area (Å²) in [6, 6.07) is 9.43. The van der Waals surface area contributed by atoms with E-state index in [4.69, 9.17) is 0 Å². The molecule has 5 rings (SSSR count). The molecule has 4 saturated carbocycles. The molecule has 0 aliphatic heterocycles. The maximum Gasteiger partial charge on any atom is 0.166 e. The van der Waals surface area contributed by atoms with E-state index >= 15 is 0 Å². The number of benzene rings is 1. The predicted octanol–water partition coefficient (Wildman–Crippen LogP) is 3.12. The Morgan fingerprint density at radius 2 is 1.89 bits per heavy atom. The smallest absolute Gasteiger partial charge is 0.166 e. The van der Waals surface area contributed by atoms with Gasteiger partial charge in [0.15, 0.2) is 5.78 Å². The van der Waals surface area contributed by atoms with Crippen molar-refractivity contribution in [2.24, 2.45) is 28.6 Å². The molecule has 4 fully saturated rings. The highest BCUT2D eigenvalue weighted by atomic mass is 16.1. The zero-order chi connectivity index (χ0) is 13.4. The summed E-state index contributed by atoms with van der Waals surface area (Å²) in [5, 5.41) is 0. The van der Waals surface area contributed by atoms with E-state index in [1.807, 2.05) is 30.3 Å². The minimum Gasteiger partial charge on any atom is -0.299 e. The van der Waals surface area contributed by atoms with Crippen LogP contribution in [0.1, 0.15) is 37.0 Å². The molecular weight excluding hydrogens is 236 g/mol. The van der Waals surface area contributed by atoms with Gasteiger partial charge in [0.05, 0.1) is 0 Å². The van der Waals surface area contributed by atoms with E-state index in [1.54, 1.807) is 0 Å². The molecule has 0 amide bonds. The van der Waals surface area contributed by atoms with Crippen LogP contribution in [0.25, 0.3) is 0 Å². The quantitative estimate of drug-likeness (QED) is 0.760. The van der Waals surface area contributed by atoms with Gasteiger partial charge in [0, 0.05) is 22.8 Å². The van der Waals surface area contributed by atoms with Crippen molar-refractivity contribution in [3.63, 3.8) is 0 Å². The first-order valence-electron chi connectivity index (χ1n) is 7.13. The van der Waals surface area contributed by atoms with E-state index < -0.39 is 0 Å². The Bertz CT molecular complexity index is 587. The van der Waals surface area contributed by atoms with Gasteiger partial charge in [-0.05, 0) is 24.2 Å². The number of ketones is 2. The largest absolute Gasteiger partial charge is 0.299 e.